The Morgan fingerprint density at radius 1 is 1.41 bits per heavy atom. The van der Waals surface area contributed by atoms with Crippen LogP contribution in [-0.4, -0.2) is 16.8 Å². The molecule has 1 unspecified atom stereocenters. The first-order valence-corrected chi connectivity index (χ1v) is 5.84. The van der Waals surface area contributed by atoms with Gasteiger partial charge in [0.25, 0.3) is 0 Å². The minimum Gasteiger partial charge on any atom is -0.327 e. The van der Waals surface area contributed by atoms with Gasteiger partial charge in [0, 0.05) is 29.6 Å². The quantitative estimate of drug-likeness (QED) is 0.818. The molecule has 0 aliphatic rings. The second-order valence-corrected chi connectivity index (χ2v) is 4.21. The molecule has 0 aliphatic carbocycles. The second kappa shape index (κ2) is 5.06. The van der Waals surface area contributed by atoms with E-state index in [1.165, 1.54) is 0 Å². The normalized spacial score (nSPS) is 12.6. The molecule has 3 nitrogen and oxygen atoms in total. The van der Waals surface area contributed by atoms with Gasteiger partial charge in [-0.25, -0.2) is 0 Å². The minimum atomic E-state index is -0.0611. The van der Waals surface area contributed by atoms with Crippen LogP contribution in [0, 0.1) is 0 Å². The lowest BCUT2D eigenvalue weighted by Crippen LogP contribution is -2.22. The number of ketones is 1. The first-order chi connectivity index (χ1) is 8.20. The Bertz CT molecular complexity index is 536. The van der Waals surface area contributed by atoms with E-state index in [1.54, 1.807) is 6.20 Å². The predicted octanol–water partition coefficient (Wildman–Crippen LogP) is 2.54. The van der Waals surface area contributed by atoms with Gasteiger partial charge in [-0.05, 0) is 18.6 Å². The summed E-state index contributed by atoms with van der Waals surface area (Å²) in [5.41, 5.74) is 7.33. The van der Waals surface area contributed by atoms with Crippen molar-refractivity contribution in [3.63, 3.8) is 0 Å². The van der Waals surface area contributed by atoms with Crippen LogP contribution in [0.15, 0.2) is 36.5 Å². The third-order valence-corrected chi connectivity index (χ3v) is 2.88. The summed E-state index contributed by atoms with van der Waals surface area (Å²) in [6.45, 7) is 1.98. The summed E-state index contributed by atoms with van der Waals surface area (Å²) in [7, 11) is 0. The Morgan fingerprint density at radius 3 is 2.94 bits per heavy atom. The molecule has 1 atom stereocenters. The Hall–Kier alpha value is -1.74. The van der Waals surface area contributed by atoms with Gasteiger partial charge in [-0.15, -0.1) is 0 Å². The number of fused-ring (bicyclic) bond motifs is 1. The first kappa shape index (κ1) is 11.7. The lowest BCUT2D eigenvalue weighted by atomic mass is 10.0. The van der Waals surface area contributed by atoms with Crippen molar-refractivity contribution in [2.75, 3.05) is 0 Å². The maximum Gasteiger partial charge on any atom is 0.165 e. The predicted molar refractivity (Wildman–Crippen MR) is 69.0 cm³/mol. The van der Waals surface area contributed by atoms with E-state index >= 15 is 0 Å². The van der Waals surface area contributed by atoms with Gasteiger partial charge in [-0.1, -0.05) is 25.1 Å². The number of para-hydroxylation sites is 1. The van der Waals surface area contributed by atoms with Crippen molar-refractivity contribution in [2.45, 2.75) is 25.8 Å². The lowest BCUT2D eigenvalue weighted by Gasteiger charge is -2.07. The van der Waals surface area contributed by atoms with E-state index in [4.69, 9.17) is 5.73 Å². The van der Waals surface area contributed by atoms with Crippen molar-refractivity contribution in [3.05, 3.63) is 42.1 Å². The van der Waals surface area contributed by atoms with Crippen LogP contribution in [0.2, 0.25) is 0 Å². The summed E-state index contributed by atoms with van der Waals surface area (Å²) < 4.78 is 0. The largest absolute Gasteiger partial charge is 0.327 e. The molecule has 3 heteroatoms. The molecule has 17 heavy (non-hydrogen) atoms. The highest BCUT2D eigenvalue weighted by Gasteiger charge is 2.11. The first-order valence-electron chi connectivity index (χ1n) is 5.84. The van der Waals surface area contributed by atoms with Crippen molar-refractivity contribution in [3.8, 4) is 0 Å². The minimum absolute atomic E-state index is 0.0611. The summed E-state index contributed by atoms with van der Waals surface area (Å²) in [6, 6.07) is 9.58. The lowest BCUT2D eigenvalue weighted by molar-refractivity contribution is 0.0973. The summed E-state index contributed by atoms with van der Waals surface area (Å²) in [4.78, 5) is 16.2. The fraction of sp³-hybridized carbons (Fsp3) is 0.286. The number of carbonyl (C=O) groups is 1. The number of carbonyl (C=O) groups excluding carboxylic acids is 1. The number of Topliss-reactive ketones (excluding diaryl/α,β-unsaturated/α-hetero) is 1. The summed E-state index contributed by atoms with van der Waals surface area (Å²) in [5, 5.41) is 0.989. The maximum atomic E-state index is 11.9. The molecule has 0 saturated heterocycles. The highest BCUT2D eigenvalue weighted by atomic mass is 16.1. The molecule has 0 spiro atoms. The molecule has 1 aromatic carbocycles. The van der Waals surface area contributed by atoms with Crippen LogP contribution in [0.5, 0.6) is 0 Å². The standard InChI is InChI=1S/C14H16N2O/c1-2-12(15)8-14(17)11-7-10-5-3-4-6-13(10)16-9-11/h3-7,9,12H,2,8,15H2,1H3. The fourth-order valence-electron chi connectivity index (χ4n) is 1.72. The fourth-order valence-corrected chi connectivity index (χ4v) is 1.72. The van der Waals surface area contributed by atoms with E-state index in [0.717, 1.165) is 17.3 Å². The number of rotatable bonds is 4. The Kier molecular flexibility index (Phi) is 3.49. The molecule has 2 aromatic rings. The van der Waals surface area contributed by atoms with Gasteiger partial charge in [-0.3, -0.25) is 9.78 Å². The number of aromatic nitrogens is 1. The number of pyridine rings is 1. The van der Waals surface area contributed by atoms with E-state index < -0.39 is 0 Å². The monoisotopic (exact) mass is 228 g/mol. The third kappa shape index (κ3) is 2.68. The highest BCUT2D eigenvalue weighted by molar-refractivity contribution is 5.99. The van der Waals surface area contributed by atoms with Crippen molar-refractivity contribution in [1.82, 2.24) is 4.98 Å². The summed E-state index contributed by atoms with van der Waals surface area (Å²) >= 11 is 0. The van der Waals surface area contributed by atoms with Gasteiger partial charge in [-0.2, -0.15) is 0 Å². The zero-order valence-electron chi connectivity index (χ0n) is 9.89. The molecular weight excluding hydrogens is 212 g/mol. The maximum absolute atomic E-state index is 11.9. The van der Waals surface area contributed by atoms with Crippen LogP contribution in [-0.2, 0) is 0 Å². The van der Waals surface area contributed by atoms with Gasteiger partial charge in [0.2, 0.25) is 0 Å². The van der Waals surface area contributed by atoms with Crippen LogP contribution in [0.3, 0.4) is 0 Å². The van der Waals surface area contributed by atoms with Crippen LogP contribution in [0.4, 0.5) is 0 Å². The Labute approximate surface area is 101 Å². The van der Waals surface area contributed by atoms with Crippen molar-refractivity contribution in [1.29, 1.82) is 0 Å². The second-order valence-electron chi connectivity index (χ2n) is 4.21. The van der Waals surface area contributed by atoms with Crippen LogP contribution in [0.1, 0.15) is 30.1 Å². The topological polar surface area (TPSA) is 56.0 Å². The van der Waals surface area contributed by atoms with Crippen LogP contribution in [0.25, 0.3) is 10.9 Å². The van der Waals surface area contributed by atoms with Crippen molar-refractivity contribution >= 4 is 16.7 Å². The molecule has 0 radical (unpaired) electrons. The SMILES string of the molecule is CCC(N)CC(=O)c1cnc2ccccc2c1. The number of benzene rings is 1. The molecule has 2 N–H and O–H groups in total. The molecule has 0 fully saturated rings. The van der Waals surface area contributed by atoms with E-state index in [-0.39, 0.29) is 11.8 Å². The number of hydrogen-bond acceptors (Lipinski definition) is 3. The average Bonchev–Trinajstić information content (AvgIpc) is 2.38. The Balaban J connectivity index is 2.27. The van der Waals surface area contributed by atoms with E-state index in [2.05, 4.69) is 4.98 Å². The number of nitrogens with zero attached hydrogens (tertiary/aromatic N) is 1. The van der Waals surface area contributed by atoms with Gasteiger partial charge in [0.15, 0.2) is 5.78 Å². The molecule has 0 aliphatic heterocycles. The zero-order valence-corrected chi connectivity index (χ0v) is 9.89. The van der Waals surface area contributed by atoms with Gasteiger partial charge >= 0.3 is 0 Å². The average molecular weight is 228 g/mol. The van der Waals surface area contributed by atoms with Gasteiger partial charge < -0.3 is 5.73 Å². The van der Waals surface area contributed by atoms with Crippen molar-refractivity contribution in [2.24, 2.45) is 5.73 Å². The smallest absolute Gasteiger partial charge is 0.165 e. The van der Waals surface area contributed by atoms with E-state index in [0.29, 0.717) is 12.0 Å². The molecular formula is C14H16N2O. The highest BCUT2D eigenvalue weighted by Crippen LogP contribution is 2.14. The Morgan fingerprint density at radius 2 is 2.18 bits per heavy atom. The van der Waals surface area contributed by atoms with E-state index in [9.17, 15) is 4.79 Å². The molecule has 1 heterocycles. The van der Waals surface area contributed by atoms with Crippen LogP contribution >= 0.6 is 0 Å². The molecule has 0 saturated carbocycles. The third-order valence-electron chi connectivity index (χ3n) is 2.88. The molecule has 2 rings (SSSR count). The van der Waals surface area contributed by atoms with Gasteiger partial charge in [0.1, 0.15) is 0 Å². The summed E-state index contributed by atoms with van der Waals surface area (Å²) in [6.07, 6.45) is 2.83. The zero-order chi connectivity index (χ0) is 12.3. The van der Waals surface area contributed by atoms with Crippen molar-refractivity contribution < 1.29 is 4.79 Å². The molecule has 0 amide bonds. The number of nitrogens with two attached hydrogens (primary N) is 1. The summed E-state index contributed by atoms with van der Waals surface area (Å²) in [5.74, 6) is 0.0672. The van der Waals surface area contributed by atoms with Gasteiger partial charge in [0.05, 0.1) is 5.52 Å². The molecule has 0 bridgehead atoms. The van der Waals surface area contributed by atoms with E-state index in [1.807, 2.05) is 37.3 Å². The van der Waals surface area contributed by atoms with Crippen LogP contribution < -0.4 is 5.73 Å². The number of hydrogen-bond donors (Lipinski definition) is 1. The molecule has 88 valence electrons. The molecule has 1 aromatic heterocycles.